The molecule has 2 aromatic heterocycles. The van der Waals surface area contributed by atoms with Gasteiger partial charge in [0, 0.05) is 30.0 Å². The SMILES string of the molecule is C=CCn1c(O)c(/C=C2\C=Nc3cc(OC)ccc32)s/c1=N\c1nnc(C)s1. The molecule has 0 bridgehead atoms. The smallest absolute Gasteiger partial charge is 0.234 e. The molecule has 0 spiro atoms. The number of rotatable bonds is 5. The van der Waals surface area contributed by atoms with Crippen LogP contribution in [0.15, 0.2) is 40.8 Å². The second-order valence-corrected chi connectivity index (χ2v) is 8.10. The molecule has 1 aliphatic heterocycles. The highest BCUT2D eigenvalue weighted by Crippen LogP contribution is 2.36. The average molecular weight is 412 g/mol. The second-order valence-electron chi connectivity index (χ2n) is 5.93. The normalized spacial score (nSPS) is 14.6. The van der Waals surface area contributed by atoms with E-state index in [1.165, 1.54) is 22.7 Å². The molecule has 0 aliphatic carbocycles. The van der Waals surface area contributed by atoms with Crippen LogP contribution in [0.3, 0.4) is 0 Å². The van der Waals surface area contributed by atoms with Gasteiger partial charge < -0.3 is 9.84 Å². The first kappa shape index (κ1) is 18.3. The molecule has 0 amide bonds. The van der Waals surface area contributed by atoms with E-state index in [4.69, 9.17) is 4.74 Å². The predicted molar refractivity (Wildman–Crippen MR) is 113 cm³/mol. The lowest BCUT2D eigenvalue weighted by molar-refractivity contribution is 0.415. The van der Waals surface area contributed by atoms with Gasteiger partial charge >= 0.3 is 0 Å². The van der Waals surface area contributed by atoms with Crippen molar-refractivity contribution in [3.63, 3.8) is 0 Å². The number of benzene rings is 1. The molecule has 3 heterocycles. The third-order valence-electron chi connectivity index (χ3n) is 4.07. The highest BCUT2D eigenvalue weighted by Gasteiger charge is 2.16. The van der Waals surface area contributed by atoms with Gasteiger partial charge in [0.05, 0.1) is 17.7 Å². The minimum absolute atomic E-state index is 0.132. The number of aromatic nitrogens is 3. The summed E-state index contributed by atoms with van der Waals surface area (Å²) in [5, 5.41) is 20.2. The zero-order valence-corrected chi connectivity index (χ0v) is 16.9. The van der Waals surface area contributed by atoms with E-state index in [9.17, 15) is 5.11 Å². The van der Waals surface area contributed by atoms with Crippen LogP contribution in [-0.4, -0.2) is 33.2 Å². The van der Waals surface area contributed by atoms with Crippen LogP contribution in [-0.2, 0) is 6.54 Å². The minimum atomic E-state index is 0.132. The Balaban J connectivity index is 1.79. The highest BCUT2D eigenvalue weighted by atomic mass is 32.1. The zero-order chi connectivity index (χ0) is 19.7. The molecule has 7 nitrogen and oxygen atoms in total. The molecule has 0 unspecified atom stereocenters. The van der Waals surface area contributed by atoms with E-state index in [0.717, 1.165) is 27.6 Å². The van der Waals surface area contributed by atoms with Crippen molar-refractivity contribution in [2.24, 2.45) is 9.98 Å². The van der Waals surface area contributed by atoms with Gasteiger partial charge in [-0.15, -0.1) is 16.8 Å². The molecular formula is C19H17N5O2S2. The Kier molecular flexibility index (Phi) is 4.93. The van der Waals surface area contributed by atoms with Crippen molar-refractivity contribution in [1.82, 2.24) is 14.8 Å². The molecule has 0 saturated heterocycles. The Bertz CT molecular complexity index is 1180. The molecule has 28 heavy (non-hydrogen) atoms. The molecule has 0 radical (unpaired) electrons. The van der Waals surface area contributed by atoms with Gasteiger partial charge in [-0.25, -0.2) is 0 Å². The second kappa shape index (κ2) is 7.53. The maximum atomic E-state index is 10.7. The van der Waals surface area contributed by atoms with E-state index in [1.54, 1.807) is 24.0 Å². The van der Waals surface area contributed by atoms with Crippen molar-refractivity contribution in [2.75, 3.05) is 7.11 Å². The lowest BCUT2D eigenvalue weighted by Crippen LogP contribution is -2.12. The molecule has 0 fully saturated rings. The molecule has 1 N–H and O–H groups in total. The summed E-state index contributed by atoms with van der Waals surface area (Å²) in [5.41, 5.74) is 2.75. The molecule has 1 aliphatic rings. The summed E-state index contributed by atoms with van der Waals surface area (Å²) < 4.78 is 6.95. The number of aromatic hydroxyl groups is 1. The summed E-state index contributed by atoms with van der Waals surface area (Å²) in [6.07, 6.45) is 5.41. The van der Waals surface area contributed by atoms with E-state index in [2.05, 4.69) is 26.8 Å². The van der Waals surface area contributed by atoms with Crippen molar-refractivity contribution >= 4 is 51.4 Å². The van der Waals surface area contributed by atoms with Gasteiger partial charge in [-0.1, -0.05) is 28.7 Å². The first-order chi connectivity index (χ1) is 13.6. The van der Waals surface area contributed by atoms with Crippen molar-refractivity contribution in [3.05, 3.63) is 51.1 Å². The van der Waals surface area contributed by atoms with E-state index >= 15 is 0 Å². The summed E-state index contributed by atoms with van der Waals surface area (Å²) in [6.45, 7) is 6.08. The van der Waals surface area contributed by atoms with Crippen LogP contribution >= 0.6 is 22.7 Å². The van der Waals surface area contributed by atoms with Crippen LogP contribution in [0.4, 0.5) is 10.8 Å². The lowest BCUT2D eigenvalue weighted by atomic mass is 10.1. The number of aliphatic imine (C=N–C) groups is 1. The molecule has 4 rings (SSSR count). The third kappa shape index (κ3) is 3.41. The van der Waals surface area contributed by atoms with E-state index in [-0.39, 0.29) is 5.88 Å². The molecular weight excluding hydrogens is 394 g/mol. The topological polar surface area (TPSA) is 84.9 Å². The zero-order valence-electron chi connectivity index (χ0n) is 15.3. The fraction of sp³-hybridized carbons (Fsp3) is 0.158. The van der Waals surface area contributed by atoms with Crippen LogP contribution in [0.25, 0.3) is 11.6 Å². The Morgan fingerprint density at radius 1 is 1.32 bits per heavy atom. The number of ether oxygens (including phenoxy) is 1. The van der Waals surface area contributed by atoms with Crippen LogP contribution in [0.5, 0.6) is 11.6 Å². The van der Waals surface area contributed by atoms with Crippen LogP contribution in [0.1, 0.15) is 15.4 Å². The standard InChI is InChI=1S/C19H17N5O2S2/c1-4-7-24-17(25)16(28-19(24)21-18-23-22-11(2)27-18)8-12-10-20-15-9-13(26-3)5-6-14(12)15/h4-6,8-10,25H,1,7H2,2-3H3/b12-8+,21-19-. The Labute approximate surface area is 169 Å². The number of methoxy groups -OCH3 is 1. The van der Waals surface area contributed by atoms with E-state index < -0.39 is 0 Å². The summed E-state index contributed by atoms with van der Waals surface area (Å²) in [4.78, 5) is 10.3. The van der Waals surface area contributed by atoms with Crippen molar-refractivity contribution in [1.29, 1.82) is 0 Å². The van der Waals surface area contributed by atoms with Crippen LogP contribution < -0.4 is 9.54 Å². The van der Waals surface area contributed by atoms with E-state index in [0.29, 0.717) is 21.4 Å². The van der Waals surface area contributed by atoms with Gasteiger partial charge in [0.2, 0.25) is 11.0 Å². The average Bonchev–Trinajstić information content (AvgIpc) is 3.36. The Morgan fingerprint density at radius 3 is 2.89 bits per heavy atom. The minimum Gasteiger partial charge on any atom is -0.497 e. The van der Waals surface area contributed by atoms with Gasteiger partial charge in [0.15, 0.2) is 4.80 Å². The van der Waals surface area contributed by atoms with E-state index in [1.807, 2.05) is 31.2 Å². The quantitative estimate of drug-likeness (QED) is 0.641. The number of hydrogen-bond donors (Lipinski definition) is 1. The summed E-state index contributed by atoms with van der Waals surface area (Å²) in [7, 11) is 1.63. The fourth-order valence-corrected chi connectivity index (χ4v) is 4.37. The van der Waals surface area contributed by atoms with Gasteiger partial charge in [0.25, 0.3) is 0 Å². The summed E-state index contributed by atoms with van der Waals surface area (Å²) >= 11 is 2.77. The first-order valence-corrected chi connectivity index (χ1v) is 10.0. The maximum Gasteiger partial charge on any atom is 0.234 e. The molecule has 3 aromatic rings. The fourth-order valence-electron chi connectivity index (χ4n) is 2.76. The monoisotopic (exact) mass is 411 g/mol. The highest BCUT2D eigenvalue weighted by molar-refractivity contribution is 7.15. The van der Waals surface area contributed by atoms with Gasteiger partial charge in [0.1, 0.15) is 10.8 Å². The summed E-state index contributed by atoms with van der Waals surface area (Å²) in [5.74, 6) is 0.890. The van der Waals surface area contributed by atoms with Gasteiger partial charge in [-0.05, 0) is 25.1 Å². The van der Waals surface area contributed by atoms with Crippen molar-refractivity contribution in [3.8, 4) is 11.6 Å². The molecule has 1 aromatic carbocycles. The van der Waals surface area contributed by atoms with Crippen molar-refractivity contribution in [2.45, 2.75) is 13.5 Å². The number of hydrogen-bond acceptors (Lipinski definition) is 8. The van der Waals surface area contributed by atoms with Gasteiger partial charge in [-0.3, -0.25) is 9.56 Å². The Morgan fingerprint density at radius 2 is 2.18 bits per heavy atom. The van der Waals surface area contributed by atoms with Crippen LogP contribution in [0, 0.1) is 6.92 Å². The predicted octanol–water partition coefficient (Wildman–Crippen LogP) is 4.10. The third-order valence-corrected chi connectivity index (χ3v) is 5.82. The number of allylic oxidation sites excluding steroid dienone is 2. The maximum absolute atomic E-state index is 10.7. The number of aryl methyl sites for hydroxylation is 1. The number of thiazole rings is 1. The molecule has 0 saturated carbocycles. The van der Waals surface area contributed by atoms with Crippen molar-refractivity contribution < 1.29 is 9.84 Å². The lowest BCUT2D eigenvalue weighted by Gasteiger charge is -2.03. The number of fused-ring (bicyclic) bond motifs is 1. The molecule has 0 atom stereocenters. The largest absolute Gasteiger partial charge is 0.497 e. The Hall–Kier alpha value is -3.04. The summed E-state index contributed by atoms with van der Waals surface area (Å²) in [6, 6.07) is 5.74. The first-order valence-electron chi connectivity index (χ1n) is 8.41. The van der Waals surface area contributed by atoms with Gasteiger partial charge in [-0.2, -0.15) is 4.99 Å². The number of nitrogens with zero attached hydrogens (tertiary/aromatic N) is 5. The molecule has 142 valence electrons. The van der Waals surface area contributed by atoms with Crippen LogP contribution in [0.2, 0.25) is 0 Å². The molecule has 9 heteroatoms.